The molecule has 3 nitrogen and oxygen atoms in total. The maximum absolute atomic E-state index is 11.9. The number of ether oxygens (including phenoxy) is 1. The summed E-state index contributed by atoms with van der Waals surface area (Å²) < 4.78 is 28.0. The Morgan fingerprint density at radius 1 is 1.28 bits per heavy atom. The van der Waals surface area contributed by atoms with Gasteiger partial charge < -0.3 is 10.1 Å². The molecule has 1 rings (SSSR count). The molecule has 0 saturated heterocycles. The van der Waals surface area contributed by atoms with Crippen LogP contribution in [0.15, 0.2) is 24.3 Å². The van der Waals surface area contributed by atoms with Crippen LogP contribution in [0, 0.1) is 0 Å². The number of amides is 1. The van der Waals surface area contributed by atoms with Crippen molar-refractivity contribution in [3.63, 3.8) is 0 Å². The fourth-order valence-electron chi connectivity index (χ4n) is 1.31. The number of hydrogen-bond acceptors (Lipinski definition) is 2. The average molecular weight is 322 g/mol. The Hall–Kier alpha value is -1.17. The number of nitrogens with one attached hydrogen (secondary N) is 1. The molecule has 1 aromatic rings. The van der Waals surface area contributed by atoms with E-state index < -0.39 is 6.61 Å². The molecule has 18 heavy (non-hydrogen) atoms. The van der Waals surface area contributed by atoms with Crippen LogP contribution in [0.3, 0.4) is 0 Å². The SMILES string of the molecule is O=C(NCCCCBr)c1ccc(OC(F)F)cc1. The molecule has 0 aliphatic rings. The number of rotatable bonds is 7. The van der Waals surface area contributed by atoms with Crippen molar-refractivity contribution in [2.24, 2.45) is 0 Å². The minimum Gasteiger partial charge on any atom is -0.435 e. The molecule has 0 fully saturated rings. The molecule has 0 radical (unpaired) electrons. The largest absolute Gasteiger partial charge is 0.435 e. The van der Waals surface area contributed by atoms with Gasteiger partial charge in [0, 0.05) is 17.4 Å². The summed E-state index contributed by atoms with van der Waals surface area (Å²) in [5.74, 6) is -0.172. The summed E-state index contributed by atoms with van der Waals surface area (Å²) in [5, 5.41) is 3.65. The number of unbranched alkanes of at least 4 members (excludes halogenated alkanes) is 1. The van der Waals surface area contributed by atoms with Crippen molar-refractivity contribution in [3.8, 4) is 5.75 Å². The first kappa shape index (κ1) is 14.9. The topological polar surface area (TPSA) is 38.3 Å². The summed E-state index contributed by atoms with van der Waals surface area (Å²) in [5.41, 5.74) is 0.426. The smallest absolute Gasteiger partial charge is 0.387 e. The molecule has 0 aromatic heterocycles. The lowest BCUT2D eigenvalue weighted by Gasteiger charge is -2.06. The third-order valence-electron chi connectivity index (χ3n) is 2.19. The quantitative estimate of drug-likeness (QED) is 0.618. The van der Waals surface area contributed by atoms with Gasteiger partial charge in [0.05, 0.1) is 0 Å². The second-order valence-electron chi connectivity index (χ2n) is 3.55. The second-order valence-corrected chi connectivity index (χ2v) is 4.35. The molecule has 0 aliphatic heterocycles. The molecule has 0 heterocycles. The number of halogens is 3. The third kappa shape index (κ3) is 5.44. The number of benzene rings is 1. The number of carbonyl (C=O) groups excluding carboxylic acids is 1. The summed E-state index contributed by atoms with van der Waals surface area (Å²) in [6.07, 6.45) is 1.88. The number of hydrogen-bond donors (Lipinski definition) is 1. The van der Waals surface area contributed by atoms with Crippen LogP contribution in [0.1, 0.15) is 23.2 Å². The van der Waals surface area contributed by atoms with Crippen LogP contribution in [0.2, 0.25) is 0 Å². The van der Waals surface area contributed by atoms with Crippen LogP contribution in [-0.2, 0) is 0 Å². The van der Waals surface area contributed by atoms with E-state index in [9.17, 15) is 13.6 Å². The van der Waals surface area contributed by atoms with Crippen LogP contribution >= 0.6 is 15.9 Å². The highest BCUT2D eigenvalue weighted by Crippen LogP contribution is 2.14. The van der Waals surface area contributed by atoms with Gasteiger partial charge in [0.1, 0.15) is 5.75 Å². The van der Waals surface area contributed by atoms with Gasteiger partial charge >= 0.3 is 6.61 Å². The highest BCUT2D eigenvalue weighted by molar-refractivity contribution is 9.09. The standard InChI is InChI=1S/C12H14BrF2NO2/c13-7-1-2-8-16-11(17)9-3-5-10(6-4-9)18-12(14)15/h3-6,12H,1-2,7-8H2,(H,16,17). The van der Waals surface area contributed by atoms with Crippen molar-refractivity contribution < 1.29 is 18.3 Å². The van der Waals surface area contributed by atoms with E-state index in [1.54, 1.807) is 0 Å². The molecule has 0 atom stereocenters. The summed E-state index contributed by atoms with van der Waals surface area (Å²) in [6, 6.07) is 5.61. The summed E-state index contributed by atoms with van der Waals surface area (Å²) in [4.78, 5) is 11.6. The molecule has 0 bridgehead atoms. The maximum atomic E-state index is 11.9. The van der Waals surface area contributed by atoms with Crippen molar-refractivity contribution in [1.29, 1.82) is 0 Å². The van der Waals surface area contributed by atoms with E-state index in [4.69, 9.17) is 0 Å². The predicted molar refractivity (Wildman–Crippen MR) is 68.4 cm³/mol. The number of carbonyl (C=O) groups is 1. The van der Waals surface area contributed by atoms with Crippen LogP contribution < -0.4 is 10.1 Å². The van der Waals surface area contributed by atoms with Gasteiger partial charge in [0.15, 0.2) is 0 Å². The van der Waals surface area contributed by atoms with Gasteiger partial charge in [-0.3, -0.25) is 4.79 Å². The van der Waals surface area contributed by atoms with Crippen molar-refractivity contribution in [2.75, 3.05) is 11.9 Å². The Kier molecular flexibility index (Phi) is 6.64. The Morgan fingerprint density at radius 3 is 2.50 bits per heavy atom. The molecule has 0 saturated carbocycles. The maximum Gasteiger partial charge on any atom is 0.387 e. The van der Waals surface area contributed by atoms with Crippen molar-refractivity contribution in [3.05, 3.63) is 29.8 Å². The Bertz CT molecular complexity index is 371. The van der Waals surface area contributed by atoms with Crippen molar-refractivity contribution in [2.45, 2.75) is 19.5 Å². The Morgan fingerprint density at radius 2 is 1.94 bits per heavy atom. The van der Waals surface area contributed by atoms with Gasteiger partial charge in [-0.15, -0.1) is 0 Å². The normalized spacial score (nSPS) is 10.4. The summed E-state index contributed by atoms with van der Waals surface area (Å²) in [7, 11) is 0. The lowest BCUT2D eigenvalue weighted by Crippen LogP contribution is -2.24. The number of alkyl halides is 3. The van der Waals surface area contributed by atoms with Gasteiger partial charge in [-0.1, -0.05) is 15.9 Å². The first-order valence-electron chi connectivity index (χ1n) is 5.52. The van der Waals surface area contributed by atoms with Crippen LogP contribution in [0.4, 0.5) is 8.78 Å². The zero-order chi connectivity index (χ0) is 13.4. The minimum absolute atomic E-state index is 0.0424. The molecule has 0 unspecified atom stereocenters. The Labute approximate surface area is 113 Å². The average Bonchev–Trinajstić information content (AvgIpc) is 2.34. The highest BCUT2D eigenvalue weighted by atomic mass is 79.9. The zero-order valence-electron chi connectivity index (χ0n) is 9.67. The summed E-state index contributed by atoms with van der Waals surface area (Å²) >= 11 is 3.30. The zero-order valence-corrected chi connectivity index (χ0v) is 11.3. The van der Waals surface area contributed by atoms with Gasteiger partial charge in [-0.05, 0) is 37.1 Å². The van der Waals surface area contributed by atoms with Gasteiger partial charge in [0.25, 0.3) is 5.91 Å². The van der Waals surface area contributed by atoms with Gasteiger partial charge in [-0.2, -0.15) is 8.78 Å². The molecular weight excluding hydrogens is 308 g/mol. The lowest BCUT2D eigenvalue weighted by molar-refractivity contribution is -0.0498. The van der Waals surface area contributed by atoms with Crippen LogP contribution in [0.25, 0.3) is 0 Å². The minimum atomic E-state index is -2.85. The van der Waals surface area contributed by atoms with Gasteiger partial charge in [0.2, 0.25) is 0 Å². The monoisotopic (exact) mass is 321 g/mol. The molecule has 0 aliphatic carbocycles. The molecule has 1 aromatic carbocycles. The second kappa shape index (κ2) is 8.02. The van der Waals surface area contributed by atoms with E-state index in [0.717, 1.165) is 18.2 Å². The van der Waals surface area contributed by atoms with E-state index in [2.05, 4.69) is 26.0 Å². The molecule has 1 amide bonds. The first-order valence-corrected chi connectivity index (χ1v) is 6.64. The van der Waals surface area contributed by atoms with Gasteiger partial charge in [-0.25, -0.2) is 0 Å². The molecular formula is C12H14BrF2NO2. The Balaban J connectivity index is 2.43. The van der Waals surface area contributed by atoms with E-state index in [1.165, 1.54) is 24.3 Å². The fraction of sp³-hybridized carbons (Fsp3) is 0.417. The van der Waals surface area contributed by atoms with Crippen molar-refractivity contribution >= 4 is 21.8 Å². The van der Waals surface area contributed by atoms with Crippen LogP contribution in [-0.4, -0.2) is 24.4 Å². The predicted octanol–water partition coefficient (Wildman–Crippen LogP) is 3.19. The van der Waals surface area contributed by atoms with Crippen LogP contribution in [0.5, 0.6) is 5.75 Å². The van der Waals surface area contributed by atoms with Crippen molar-refractivity contribution in [1.82, 2.24) is 5.32 Å². The highest BCUT2D eigenvalue weighted by Gasteiger charge is 2.07. The molecule has 0 spiro atoms. The van der Waals surface area contributed by atoms with E-state index in [0.29, 0.717) is 12.1 Å². The lowest BCUT2D eigenvalue weighted by atomic mass is 10.2. The van der Waals surface area contributed by atoms with E-state index in [-0.39, 0.29) is 11.7 Å². The van der Waals surface area contributed by atoms with E-state index >= 15 is 0 Å². The molecule has 100 valence electrons. The third-order valence-corrected chi connectivity index (χ3v) is 2.75. The fourth-order valence-corrected chi connectivity index (χ4v) is 1.71. The summed E-state index contributed by atoms with van der Waals surface area (Å²) in [6.45, 7) is -2.26. The molecule has 1 N–H and O–H groups in total. The van der Waals surface area contributed by atoms with E-state index in [1.807, 2.05) is 0 Å². The first-order chi connectivity index (χ1) is 8.63. The molecule has 6 heteroatoms.